The molecule has 2 rings (SSSR count). The number of carbonyl (C=O) groups is 1. The second kappa shape index (κ2) is 4.73. The highest BCUT2D eigenvalue weighted by molar-refractivity contribution is 6.09. The summed E-state index contributed by atoms with van der Waals surface area (Å²) in [5.74, 6) is -2.03. The minimum Gasteiger partial charge on any atom is -0.288 e. The van der Waals surface area contributed by atoms with Gasteiger partial charge >= 0.3 is 6.18 Å². The molecule has 1 aromatic heterocycles. The molecule has 1 heterocycles. The van der Waals surface area contributed by atoms with E-state index in [1.165, 1.54) is 10.9 Å². The third kappa shape index (κ3) is 2.43. The maximum Gasteiger partial charge on any atom is 0.419 e. The van der Waals surface area contributed by atoms with Gasteiger partial charge < -0.3 is 0 Å². The van der Waals surface area contributed by atoms with Gasteiger partial charge in [-0.1, -0.05) is 6.07 Å². The van der Waals surface area contributed by atoms with Gasteiger partial charge in [-0.15, -0.1) is 0 Å². The number of hydrogen-bond donors (Lipinski definition) is 0. The lowest BCUT2D eigenvalue weighted by Gasteiger charge is -2.09. The summed E-state index contributed by atoms with van der Waals surface area (Å²) >= 11 is 0. The van der Waals surface area contributed by atoms with E-state index in [1.807, 2.05) is 0 Å². The van der Waals surface area contributed by atoms with E-state index in [9.17, 15) is 22.4 Å². The quantitative estimate of drug-likeness (QED) is 0.628. The van der Waals surface area contributed by atoms with Gasteiger partial charge in [0.15, 0.2) is 5.78 Å². The Bertz CT molecular complexity index is 673. The normalized spacial score (nSPS) is 11.7. The van der Waals surface area contributed by atoms with Crippen LogP contribution < -0.4 is 0 Å². The summed E-state index contributed by atoms with van der Waals surface area (Å²) in [6.07, 6.45) is -3.48. The molecule has 0 aliphatic carbocycles. The molecule has 0 unspecified atom stereocenters. The van der Waals surface area contributed by atoms with Gasteiger partial charge in [-0.3, -0.25) is 9.48 Å². The Hall–Kier alpha value is -2.18. The highest BCUT2D eigenvalue weighted by atomic mass is 19.4. The molecule has 0 saturated heterocycles. The Balaban J connectivity index is 2.42. The van der Waals surface area contributed by atoms with Crippen LogP contribution in [-0.2, 0) is 13.2 Å². The Morgan fingerprint density at radius 1 is 1.30 bits per heavy atom. The van der Waals surface area contributed by atoms with Crippen LogP contribution in [0.2, 0.25) is 0 Å². The molecule has 0 bridgehead atoms. The fourth-order valence-corrected chi connectivity index (χ4v) is 1.76. The summed E-state index contributed by atoms with van der Waals surface area (Å²) in [5.41, 5.74) is -0.759. The number of ketones is 1. The van der Waals surface area contributed by atoms with Crippen molar-refractivity contribution in [3.8, 4) is 0 Å². The number of benzene rings is 1. The van der Waals surface area contributed by atoms with Crippen LogP contribution in [0, 0.1) is 12.7 Å². The van der Waals surface area contributed by atoms with Crippen molar-refractivity contribution in [2.45, 2.75) is 13.1 Å². The van der Waals surface area contributed by atoms with Gasteiger partial charge in [0, 0.05) is 18.3 Å². The Kier molecular flexibility index (Phi) is 3.37. The van der Waals surface area contributed by atoms with Gasteiger partial charge in [0.1, 0.15) is 5.82 Å². The van der Waals surface area contributed by atoms with Gasteiger partial charge in [-0.2, -0.15) is 18.3 Å². The van der Waals surface area contributed by atoms with Crippen molar-refractivity contribution in [1.82, 2.24) is 9.78 Å². The highest BCUT2D eigenvalue weighted by Crippen LogP contribution is 2.31. The predicted octanol–water partition coefficient (Wildman–Crippen LogP) is 3.12. The summed E-state index contributed by atoms with van der Waals surface area (Å²) in [6.45, 7) is 1.64. The predicted molar refractivity (Wildman–Crippen MR) is 62.8 cm³/mol. The summed E-state index contributed by atoms with van der Waals surface area (Å²) in [6, 6.07) is 2.12. The van der Waals surface area contributed by atoms with Crippen molar-refractivity contribution in [2.75, 3.05) is 0 Å². The molecule has 20 heavy (non-hydrogen) atoms. The number of halogens is 4. The maximum absolute atomic E-state index is 13.4. The van der Waals surface area contributed by atoms with Gasteiger partial charge in [0.25, 0.3) is 0 Å². The molecular formula is C13H10F4N2O. The van der Waals surface area contributed by atoms with Crippen LogP contribution in [0.3, 0.4) is 0 Å². The third-order valence-electron chi connectivity index (χ3n) is 3.02. The molecular weight excluding hydrogens is 276 g/mol. The molecule has 0 aliphatic heterocycles. The van der Waals surface area contributed by atoms with Gasteiger partial charge in [0.05, 0.1) is 17.3 Å². The monoisotopic (exact) mass is 286 g/mol. The molecule has 0 aliphatic rings. The molecule has 0 N–H and O–H groups in total. The molecule has 2 aromatic rings. The second-order valence-corrected chi connectivity index (χ2v) is 4.29. The van der Waals surface area contributed by atoms with E-state index in [0.717, 1.165) is 6.07 Å². The molecule has 7 heteroatoms. The lowest BCUT2D eigenvalue weighted by Crippen LogP contribution is -2.10. The van der Waals surface area contributed by atoms with Crippen LogP contribution in [-0.4, -0.2) is 15.6 Å². The summed E-state index contributed by atoms with van der Waals surface area (Å²) in [5, 5.41) is 3.86. The first kappa shape index (κ1) is 14.2. The van der Waals surface area contributed by atoms with Crippen molar-refractivity contribution in [3.63, 3.8) is 0 Å². The van der Waals surface area contributed by atoms with Crippen molar-refractivity contribution in [3.05, 3.63) is 52.6 Å². The van der Waals surface area contributed by atoms with E-state index in [0.29, 0.717) is 17.8 Å². The van der Waals surface area contributed by atoms with E-state index in [-0.39, 0.29) is 11.1 Å². The van der Waals surface area contributed by atoms with E-state index in [4.69, 9.17) is 0 Å². The first-order chi connectivity index (χ1) is 9.21. The van der Waals surface area contributed by atoms with E-state index < -0.39 is 23.3 Å². The Morgan fingerprint density at radius 3 is 2.40 bits per heavy atom. The third-order valence-corrected chi connectivity index (χ3v) is 3.02. The van der Waals surface area contributed by atoms with Crippen LogP contribution in [0.15, 0.2) is 24.4 Å². The topological polar surface area (TPSA) is 34.9 Å². The number of nitrogens with zero attached hydrogens (tertiary/aromatic N) is 2. The first-order valence-electron chi connectivity index (χ1n) is 5.62. The highest BCUT2D eigenvalue weighted by Gasteiger charge is 2.34. The fraction of sp³-hybridized carbons (Fsp3) is 0.231. The average molecular weight is 286 g/mol. The smallest absolute Gasteiger partial charge is 0.288 e. The number of rotatable bonds is 2. The SMILES string of the molecule is Cc1c(C(=O)c2ccc(C(F)(F)F)c(F)c2)cnn1C. The molecule has 0 fully saturated rings. The number of aryl methyl sites for hydroxylation is 1. The molecule has 1 aromatic carbocycles. The minimum absolute atomic E-state index is 0.147. The molecule has 106 valence electrons. The molecule has 3 nitrogen and oxygen atoms in total. The van der Waals surface area contributed by atoms with Crippen LogP contribution in [0.5, 0.6) is 0 Å². The zero-order valence-electron chi connectivity index (χ0n) is 10.6. The first-order valence-corrected chi connectivity index (χ1v) is 5.62. The second-order valence-electron chi connectivity index (χ2n) is 4.29. The Morgan fingerprint density at radius 2 is 1.95 bits per heavy atom. The van der Waals surface area contributed by atoms with E-state index in [2.05, 4.69) is 5.10 Å². The largest absolute Gasteiger partial charge is 0.419 e. The maximum atomic E-state index is 13.4. The molecule has 0 radical (unpaired) electrons. The number of alkyl halides is 3. The van der Waals surface area contributed by atoms with Crippen LogP contribution >= 0.6 is 0 Å². The fourth-order valence-electron chi connectivity index (χ4n) is 1.76. The van der Waals surface area contributed by atoms with E-state index in [1.54, 1.807) is 14.0 Å². The standard InChI is InChI=1S/C13H10F4N2O/c1-7-9(6-18-19(7)2)12(20)8-3-4-10(11(14)5-8)13(15,16)17/h3-6H,1-2H3. The molecule has 0 saturated carbocycles. The Labute approximate surface area is 111 Å². The van der Waals surface area contributed by atoms with E-state index >= 15 is 0 Å². The van der Waals surface area contributed by atoms with Crippen LogP contribution in [0.1, 0.15) is 27.2 Å². The summed E-state index contributed by atoms with van der Waals surface area (Å²) in [7, 11) is 1.62. The van der Waals surface area contributed by atoms with Crippen molar-refractivity contribution in [2.24, 2.45) is 7.05 Å². The summed E-state index contributed by atoms with van der Waals surface area (Å²) < 4.78 is 52.2. The van der Waals surface area contributed by atoms with Crippen LogP contribution in [0.25, 0.3) is 0 Å². The number of carbonyl (C=O) groups excluding carboxylic acids is 1. The molecule has 0 spiro atoms. The van der Waals surface area contributed by atoms with Crippen LogP contribution in [0.4, 0.5) is 17.6 Å². The van der Waals surface area contributed by atoms with Crippen molar-refractivity contribution < 1.29 is 22.4 Å². The number of hydrogen-bond acceptors (Lipinski definition) is 2. The van der Waals surface area contributed by atoms with Gasteiger partial charge in [-0.05, 0) is 19.1 Å². The van der Waals surface area contributed by atoms with Gasteiger partial charge in [0.2, 0.25) is 0 Å². The summed E-state index contributed by atoms with van der Waals surface area (Å²) in [4.78, 5) is 12.1. The lowest BCUT2D eigenvalue weighted by molar-refractivity contribution is -0.140. The van der Waals surface area contributed by atoms with Gasteiger partial charge in [-0.25, -0.2) is 4.39 Å². The zero-order chi connectivity index (χ0) is 15.1. The molecule has 0 atom stereocenters. The number of aromatic nitrogens is 2. The van der Waals surface area contributed by atoms with Crippen molar-refractivity contribution in [1.29, 1.82) is 0 Å². The van der Waals surface area contributed by atoms with Crippen molar-refractivity contribution >= 4 is 5.78 Å². The minimum atomic E-state index is -4.78. The lowest BCUT2D eigenvalue weighted by atomic mass is 10.0. The molecule has 0 amide bonds. The average Bonchev–Trinajstić information content (AvgIpc) is 2.67. The zero-order valence-corrected chi connectivity index (χ0v) is 10.6.